The highest BCUT2D eigenvalue weighted by Crippen LogP contribution is 2.43. The van der Waals surface area contributed by atoms with Crippen LogP contribution < -0.4 is 0 Å². The summed E-state index contributed by atoms with van der Waals surface area (Å²) >= 11 is 3.11. The number of carbonyl (C=O) groups is 2. The van der Waals surface area contributed by atoms with Gasteiger partial charge in [-0.3, -0.25) is 9.59 Å². The summed E-state index contributed by atoms with van der Waals surface area (Å²) < 4.78 is 0. The van der Waals surface area contributed by atoms with Crippen molar-refractivity contribution in [2.75, 3.05) is 11.5 Å². The largest absolute Gasteiger partial charge is 0.293 e. The summed E-state index contributed by atoms with van der Waals surface area (Å²) in [5.74, 6) is 1.69. The third-order valence-corrected chi connectivity index (χ3v) is 4.86. The van der Waals surface area contributed by atoms with Crippen molar-refractivity contribution in [3.63, 3.8) is 0 Å². The Bertz CT molecular complexity index is 279. The smallest absolute Gasteiger partial charge is 0.181 e. The van der Waals surface area contributed by atoms with Crippen LogP contribution in [0.5, 0.6) is 0 Å². The number of rotatable bonds is 1. The zero-order valence-corrected chi connectivity index (χ0v) is 8.96. The highest BCUT2D eigenvalue weighted by atomic mass is 32.2. The molecule has 0 radical (unpaired) electrons. The summed E-state index contributed by atoms with van der Waals surface area (Å²) in [5, 5.41) is 0. The molecule has 2 aliphatic rings. The van der Waals surface area contributed by atoms with Crippen molar-refractivity contribution >= 4 is 35.1 Å². The first kappa shape index (κ1) is 9.34. The third kappa shape index (κ3) is 1.36. The molecule has 4 heteroatoms. The number of ketones is 2. The molecular weight excluding hydrogens is 204 g/mol. The fourth-order valence-electron chi connectivity index (χ4n) is 1.59. The average Bonchev–Trinajstić information content (AvgIpc) is 2.41. The van der Waals surface area contributed by atoms with Gasteiger partial charge < -0.3 is 0 Å². The summed E-state index contributed by atoms with van der Waals surface area (Å²) in [7, 11) is 0. The van der Waals surface area contributed by atoms with Gasteiger partial charge in [-0.25, -0.2) is 0 Å². The quantitative estimate of drug-likeness (QED) is 0.624. The van der Waals surface area contributed by atoms with E-state index in [0.717, 1.165) is 21.3 Å². The number of hydrogen-bond acceptors (Lipinski definition) is 4. The van der Waals surface area contributed by atoms with Crippen LogP contribution in [0.4, 0.5) is 0 Å². The lowest BCUT2D eigenvalue weighted by molar-refractivity contribution is -0.126. The fourth-order valence-corrected chi connectivity index (χ4v) is 4.05. The van der Waals surface area contributed by atoms with Gasteiger partial charge >= 0.3 is 0 Å². The van der Waals surface area contributed by atoms with E-state index in [4.69, 9.17) is 0 Å². The molecule has 0 aromatic rings. The summed E-state index contributed by atoms with van der Waals surface area (Å²) in [6.07, 6.45) is 0.645. The number of hydrogen-bond donors (Lipinski definition) is 0. The van der Waals surface area contributed by atoms with Crippen LogP contribution in [0.25, 0.3) is 0 Å². The van der Waals surface area contributed by atoms with Crippen molar-refractivity contribution in [2.24, 2.45) is 5.92 Å². The average molecular weight is 214 g/mol. The van der Waals surface area contributed by atoms with Crippen molar-refractivity contribution in [1.82, 2.24) is 0 Å². The summed E-state index contributed by atoms with van der Waals surface area (Å²) in [6.45, 7) is 1.90. The highest BCUT2D eigenvalue weighted by molar-refractivity contribution is 8.11. The van der Waals surface area contributed by atoms with E-state index in [1.54, 1.807) is 23.5 Å². The van der Waals surface area contributed by atoms with Crippen molar-refractivity contribution in [3.8, 4) is 0 Å². The number of Topliss-reactive ketones (excluding diaryl/α,β-unsaturated/α-hetero) is 2. The second-order valence-electron chi connectivity index (χ2n) is 3.04. The van der Waals surface area contributed by atoms with Crippen LogP contribution >= 0.6 is 23.5 Å². The molecule has 0 fully saturated rings. The van der Waals surface area contributed by atoms with Gasteiger partial charge in [-0.2, -0.15) is 0 Å². The molecule has 0 aromatic carbocycles. The molecule has 1 heterocycles. The van der Waals surface area contributed by atoms with Gasteiger partial charge in [-0.1, -0.05) is 6.92 Å². The fraction of sp³-hybridized carbons (Fsp3) is 0.556. The number of thioether (sulfide) groups is 2. The van der Waals surface area contributed by atoms with Crippen LogP contribution in [-0.2, 0) is 9.59 Å². The third-order valence-electron chi connectivity index (χ3n) is 2.27. The normalized spacial score (nSPS) is 24.1. The van der Waals surface area contributed by atoms with Gasteiger partial charge in [0.25, 0.3) is 0 Å². The molecule has 0 N–H and O–H groups in total. The molecule has 13 heavy (non-hydrogen) atoms. The predicted octanol–water partition coefficient (Wildman–Crippen LogP) is 1.86. The van der Waals surface area contributed by atoms with Gasteiger partial charge in [0.2, 0.25) is 0 Å². The van der Waals surface area contributed by atoms with Gasteiger partial charge in [0.05, 0.1) is 15.7 Å². The second kappa shape index (κ2) is 3.50. The van der Waals surface area contributed by atoms with Crippen LogP contribution in [0.2, 0.25) is 0 Å². The van der Waals surface area contributed by atoms with E-state index in [-0.39, 0.29) is 17.5 Å². The molecule has 0 bridgehead atoms. The van der Waals surface area contributed by atoms with E-state index in [1.165, 1.54) is 0 Å². The molecule has 70 valence electrons. The van der Waals surface area contributed by atoms with Gasteiger partial charge in [-0.15, -0.1) is 23.5 Å². The van der Waals surface area contributed by atoms with Crippen LogP contribution in [0.3, 0.4) is 0 Å². The molecule has 2 nitrogen and oxygen atoms in total. The second-order valence-corrected chi connectivity index (χ2v) is 5.25. The molecule has 0 spiro atoms. The summed E-state index contributed by atoms with van der Waals surface area (Å²) in [6, 6.07) is 0. The zero-order chi connectivity index (χ0) is 9.42. The molecule has 0 amide bonds. The standard InChI is InChI=1S/C9H10O2S2/c1-2-5-6(10)8-9(7(5)11)13-4-3-12-8/h5H,2-4H2,1H3. The minimum absolute atomic E-state index is 0.0692. The maximum Gasteiger partial charge on any atom is 0.181 e. The van der Waals surface area contributed by atoms with Crippen LogP contribution in [0.15, 0.2) is 9.81 Å². The van der Waals surface area contributed by atoms with Crippen LogP contribution in [0, 0.1) is 5.92 Å². The molecule has 0 unspecified atom stereocenters. The maximum atomic E-state index is 11.7. The first-order valence-electron chi connectivity index (χ1n) is 4.34. The Morgan fingerprint density at radius 3 is 2.00 bits per heavy atom. The molecule has 0 atom stereocenters. The first-order chi connectivity index (χ1) is 6.25. The highest BCUT2D eigenvalue weighted by Gasteiger charge is 2.41. The molecule has 1 aliphatic heterocycles. The first-order valence-corrected chi connectivity index (χ1v) is 6.31. The molecular formula is C9H10O2S2. The van der Waals surface area contributed by atoms with Crippen LogP contribution in [0.1, 0.15) is 13.3 Å². The van der Waals surface area contributed by atoms with Gasteiger partial charge in [0.15, 0.2) is 11.6 Å². The number of carbonyl (C=O) groups excluding carboxylic acids is 2. The van der Waals surface area contributed by atoms with Crippen molar-refractivity contribution in [3.05, 3.63) is 9.81 Å². The monoisotopic (exact) mass is 214 g/mol. The van der Waals surface area contributed by atoms with E-state index in [9.17, 15) is 9.59 Å². The van der Waals surface area contributed by atoms with Gasteiger partial charge in [-0.05, 0) is 6.42 Å². The maximum absolute atomic E-state index is 11.7. The van der Waals surface area contributed by atoms with Crippen molar-refractivity contribution < 1.29 is 9.59 Å². The minimum atomic E-state index is -0.358. The topological polar surface area (TPSA) is 34.1 Å². The van der Waals surface area contributed by atoms with E-state index in [2.05, 4.69) is 0 Å². The van der Waals surface area contributed by atoms with E-state index in [1.807, 2.05) is 6.92 Å². The Balaban J connectivity index is 2.35. The van der Waals surface area contributed by atoms with E-state index >= 15 is 0 Å². The lowest BCUT2D eigenvalue weighted by atomic mass is 10.0. The van der Waals surface area contributed by atoms with E-state index < -0.39 is 0 Å². The Morgan fingerprint density at radius 1 is 1.15 bits per heavy atom. The zero-order valence-electron chi connectivity index (χ0n) is 7.33. The SMILES string of the molecule is CCC1C(=O)C2=C(SCCS2)C1=O. The van der Waals surface area contributed by atoms with Gasteiger partial charge in [0, 0.05) is 11.5 Å². The molecule has 0 saturated carbocycles. The predicted molar refractivity (Wildman–Crippen MR) is 55.7 cm³/mol. The Morgan fingerprint density at radius 2 is 1.62 bits per heavy atom. The summed E-state index contributed by atoms with van der Waals surface area (Å²) in [5.41, 5.74) is 0. The minimum Gasteiger partial charge on any atom is -0.293 e. The Labute approximate surface area is 85.5 Å². The lowest BCUT2D eigenvalue weighted by Crippen LogP contribution is -2.15. The summed E-state index contributed by atoms with van der Waals surface area (Å²) in [4.78, 5) is 24.8. The van der Waals surface area contributed by atoms with Crippen molar-refractivity contribution in [2.45, 2.75) is 13.3 Å². The van der Waals surface area contributed by atoms with Gasteiger partial charge in [0.1, 0.15) is 0 Å². The molecule has 2 rings (SSSR count). The van der Waals surface area contributed by atoms with Crippen molar-refractivity contribution in [1.29, 1.82) is 0 Å². The van der Waals surface area contributed by atoms with Crippen LogP contribution in [-0.4, -0.2) is 23.1 Å². The molecule has 1 aliphatic carbocycles. The lowest BCUT2D eigenvalue weighted by Gasteiger charge is -2.09. The molecule has 0 aromatic heterocycles. The Kier molecular flexibility index (Phi) is 2.51. The van der Waals surface area contributed by atoms with E-state index in [0.29, 0.717) is 6.42 Å². The number of allylic oxidation sites excluding steroid dienone is 2. The Hall–Kier alpha value is -0.220. The molecule has 0 saturated heterocycles.